The van der Waals surface area contributed by atoms with Crippen molar-refractivity contribution < 1.29 is 19.4 Å². The minimum atomic E-state index is -0.613. The van der Waals surface area contributed by atoms with Gasteiger partial charge >= 0.3 is 5.97 Å². The number of carbonyl (C=O) groups excluding carboxylic acids is 1. The highest BCUT2D eigenvalue weighted by molar-refractivity contribution is 9.10. The Morgan fingerprint density at radius 2 is 2.05 bits per heavy atom. The first-order chi connectivity index (χ1) is 9.78. The molecule has 4 nitrogen and oxygen atoms in total. The molecule has 1 saturated carbocycles. The quantitative estimate of drug-likeness (QED) is 0.809. The number of rotatable bonds is 5. The lowest BCUT2D eigenvalue weighted by molar-refractivity contribution is 0.00613. The van der Waals surface area contributed by atoms with Crippen LogP contribution in [0.15, 0.2) is 16.6 Å². The van der Waals surface area contributed by atoms with Gasteiger partial charge < -0.3 is 14.6 Å². The monoisotopic (exact) mass is 356 g/mol. The highest BCUT2D eigenvalue weighted by Gasteiger charge is 2.26. The van der Waals surface area contributed by atoms with Gasteiger partial charge in [-0.1, -0.05) is 6.07 Å². The summed E-state index contributed by atoms with van der Waals surface area (Å²) in [7, 11) is 0. The van der Waals surface area contributed by atoms with E-state index in [9.17, 15) is 9.90 Å². The molecule has 0 aromatic heterocycles. The Hall–Kier alpha value is -1.07. The van der Waals surface area contributed by atoms with Crippen molar-refractivity contribution in [2.75, 3.05) is 6.61 Å². The van der Waals surface area contributed by atoms with E-state index >= 15 is 0 Å². The molecule has 0 heterocycles. The van der Waals surface area contributed by atoms with Gasteiger partial charge in [-0.2, -0.15) is 0 Å². The Morgan fingerprint density at radius 1 is 1.38 bits per heavy atom. The van der Waals surface area contributed by atoms with Gasteiger partial charge in [-0.15, -0.1) is 0 Å². The van der Waals surface area contributed by atoms with Crippen LogP contribution in [0.1, 0.15) is 49.5 Å². The fourth-order valence-electron chi connectivity index (χ4n) is 1.90. The fourth-order valence-corrected chi connectivity index (χ4v) is 2.24. The Morgan fingerprint density at radius 3 is 2.62 bits per heavy atom. The van der Waals surface area contributed by atoms with Crippen LogP contribution in [0, 0.1) is 5.92 Å². The Balaban J connectivity index is 2.18. The molecule has 2 rings (SSSR count). The van der Waals surface area contributed by atoms with Crippen LogP contribution < -0.4 is 0 Å². The highest BCUT2D eigenvalue weighted by atomic mass is 79.9. The van der Waals surface area contributed by atoms with Crippen molar-refractivity contribution in [3.63, 3.8) is 0 Å². The normalized spacial score (nSPS) is 15.0. The number of phenols is 1. The number of hydrogen-bond donors (Lipinski definition) is 1. The Bertz CT molecular complexity index is 530. The van der Waals surface area contributed by atoms with Gasteiger partial charge in [0.15, 0.2) is 0 Å². The predicted octanol–water partition coefficient (Wildman–Crippen LogP) is 4.04. The summed E-state index contributed by atoms with van der Waals surface area (Å²) in [4.78, 5) is 12.3. The molecule has 5 heteroatoms. The molecule has 1 aliphatic carbocycles. The van der Waals surface area contributed by atoms with E-state index in [-0.39, 0.29) is 11.3 Å². The van der Waals surface area contributed by atoms with Crippen LogP contribution in [-0.4, -0.2) is 23.3 Å². The average molecular weight is 357 g/mol. The van der Waals surface area contributed by atoms with E-state index in [1.165, 1.54) is 12.8 Å². The van der Waals surface area contributed by atoms with Gasteiger partial charge in [0.1, 0.15) is 16.9 Å². The second kappa shape index (κ2) is 6.36. The molecule has 1 aliphatic rings. The third kappa shape index (κ3) is 4.71. The highest BCUT2D eigenvalue weighted by Crippen LogP contribution is 2.33. The lowest BCUT2D eigenvalue weighted by atomic mass is 10.1. The second-order valence-corrected chi connectivity index (χ2v) is 7.24. The Labute approximate surface area is 133 Å². The standard InChI is InChI=1S/C16H21BrO4/c1-16(2,3)21-15(19)13-11(6-7-12(17)14(13)18)9-20-8-10-4-5-10/h6-7,10,18H,4-5,8-9H2,1-3H3. The molecule has 0 unspecified atom stereocenters. The zero-order valence-electron chi connectivity index (χ0n) is 12.6. The molecular weight excluding hydrogens is 336 g/mol. The molecule has 0 atom stereocenters. The molecule has 0 aliphatic heterocycles. The third-order valence-corrected chi connectivity index (χ3v) is 3.77. The first-order valence-corrected chi connectivity index (χ1v) is 7.88. The summed E-state index contributed by atoms with van der Waals surface area (Å²) in [6.07, 6.45) is 2.43. The van der Waals surface area contributed by atoms with Gasteiger partial charge in [0.25, 0.3) is 0 Å². The smallest absolute Gasteiger partial charge is 0.342 e. The van der Waals surface area contributed by atoms with Crippen LogP contribution in [0.3, 0.4) is 0 Å². The topological polar surface area (TPSA) is 55.8 Å². The summed E-state index contributed by atoms with van der Waals surface area (Å²) in [5.41, 5.74) is 0.207. The number of carbonyl (C=O) groups is 1. The van der Waals surface area contributed by atoms with Crippen LogP contribution >= 0.6 is 15.9 Å². The van der Waals surface area contributed by atoms with E-state index in [0.29, 0.717) is 29.2 Å². The summed E-state index contributed by atoms with van der Waals surface area (Å²) in [6, 6.07) is 3.48. The molecule has 1 aromatic rings. The van der Waals surface area contributed by atoms with E-state index in [2.05, 4.69) is 15.9 Å². The van der Waals surface area contributed by atoms with Gasteiger partial charge in [-0.25, -0.2) is 4.79 Å². The molecule has 21 heavy (non-hydrogen) atoms. The maximum Gasteiger partial charge on any atom is 0.342 e. The van der Waals surface area contributed by atoms with E-state index < -0.39 is 11.6 Å². The van der Waals surface area contributed by atoms with Crippen LogP contribution in [0.5, 0.6) is 5.75 Å². The number of halogens is 1. The molecule has 0 bridgehead atoms. The number of phenolic OH excluding ortho intramolecular Hbond substituents is 1. The Kier molecular flexibility index (Phi) is 4.94. The van der Waals surface area contributed by atoms with Crippen molar-refractivity contribution in [2.45, 2.75) is 45.8 Å². The first-order valence-electron chi connectivity index (χ1n) is 7.09. The zero-order chi connectivity index (χ0) is 15.6. The van der Waals surface area contributed by atoms with E-state index in [1.807, 2.05) is 0 Å². The van der Waals surface area contributed by atoms with E-state index in [0.717, 1.165) is 0 Å². The van der Waals surface area contributed by atoms with Crippen LogP contribution in [-0.2, 0) is 16.1 Å². The first kappa shape index (κ1) is 16.3. The minimum Gasteiger partial charge on any atom is -0.506 e. The number of esters is 1. The predicted molar refractivity (Wildman–Crippen MR) is 83.4 cm³/mol. The average Bonchev–Trinajstić information content (AvgIpc) is 3.15. The van der Waals surface area contributed by atoms with Crippen molar-refractivity contribution in [1.29, 1.82) is 0 Å². The van der Waals surface area contributed by atoms with Crippen molar-refractivity contribution in [1.82, 2.24) is 0 Å². The summed E-state index contributed by atoms with van der Waals surface area (Å²) >= 11 is 3.23. The lowest BCUT2D eigenvalue weighted by Crippen LogP contribution is -2.24. The minimum absolute atomic E-state index is 0.100. The largest absolute Gasteiger partial charge is 0.506 e. The summed E-state index contributed by atoms with van der Waals surface area (Å²) in [6.45, 7) is 6.38. The van der Waals surface area contributed by atoms with Gasteiger partial charge in [0.2, 0.25) is 0 Å². The summed E-state index contributed by atoms with van der Waals surface area (Å²) < 4.78 is 11.5. The molecule has 0 saturated heterocycles. The second-order valence-electron chi connectivity index (χ2n) is 6.39. The number of benzene rings is 1. The lowest BCUT2D eigenvalue weighted by Gasteiger charge is -2.21. The van der Waals surface area contributed by atoms with Gasteiger partial charge in [0, 0.05) is 6.61 Å². The molecule has 1 fully saturated rings. The van der Waals surface area contributed by atoms with Crippen LogP contribution in [0.2, 0.25) is 0 Å². The van der Waals surface area contributed by atoms with E-state index in [4.69, 9.17) is 9.47 Å². The van der Waals surface area contributed by atoms with Crippen molar-refractivity contribution in [3.05, 3.63) is 27.7 Å². The van der Waals surface area contributed by atoms with Crippen molar-refractivity contribution >= 4 is 21.9 Å². The van der Waals surface area contributed by atoms with Crippen LogP contribution in [0.4, 0.5) is 0 Å². The molecular formula is C16H21BrO4. The van der Waals surface area contributed by atoms with Gasteiger partial charge in [-0.3, -0.25) is 0 Å². The molecule has 1 N–H and O–H groups in total. The van der Waals surface area contributed by atoms with E-state index in [1.54, 1.807) is 32.9 Å². The van der Waals surface area contributed by atoms with Crippen molar-refractivity contribution in [3.8, 4) is 5.75 Å². The SMILES string of the molecule is CC(C)(C)OC(=O)c1c(COCC2CC2)ccc(Br)c1O. The molecule has 0 amide bonds. The maximum absolute atomic E-state index is 12.3. The molecule has 0 spiro atoms. The third-order valence-electron chi connectivity index (χ3n) is 3.13. The summed E-state index contributed by atoms with van der Waals surface area (Å²) in [5, 5.41) is 10.2. The zero-order valence-corrected chi connectivity index (χ0v) is 14.2. The van der Waals surface area contributed by atoms with Crippen LogP contribution in [0.25, 0.3) is 0 Å². The number of aromatic hydroxyl groups is 1. The molecule has 1 aromatic carbocycles. The maximum atomic E-state index is 12.3. The molecule has 116 valence electrons. The number of ether oxygens (including phenoxy) is 2. The number of hydrogen-bond acceptors (Lipinski definition) is 4. The van der Waals surface area contributed by atoms with Crippen molar-refractivity contribution in [2.24, 2.45) is 5.92 Å². The fraction of sp³-hybridized carbons (Fsp3) is 0.562. The molecule has 0 radical (unpaired) electrons. The van der Waals surface area contributed by atoms with Gasteiger partial charge in [0.05, 0.1) is 11.1 Å². The van der Waals surface area contributed by atoms with Gasteiger partial charge in [-0.05, 0) is 67.1 Å². The summed E-state index contributed by atoms with van der Waals surface area (Å²) in [5.74, 6) is 0.0158.